The van der Waals surface area contributed by atoms with Gasteiger partial charge >= 0.3 is 0 Å². The first-order chi connectivity index (χ1) is 6.76. The molecule has 0 aromatic heterocycles. The Bertz CT molecular complexity index is 152. The van der Waals surface area contributed by atoms with E-state index in [1.54, 1.807) is 0 Å². The highest BCUT2D eigenvalue weighted by Crippen LogP contribution is 2.06. The monoisotopic (exact) mass is 200 g/mol. The molecule has 0 radical (unpaired) electrons. The Labute approximate surface area is 88.0 Å². The van der Waals surface area contributed by atoms with Crippen LogP contribution < -0.4 is 0 Å². The standard InChI is InChI=1S/C11H24N2O/c1-4-6-12(3)9-11-10-13(5-2)7-8-14-11/h11H,4-10H2,1-3H3. The predicted molar refractivity (Wildman–Crippen MR) is 59.6 cm³/mol. The van der Waals surface area contributed by atoms with Crippen LogP contribution in [0, 0.1) is 0 Å². The highest BCUT2D eigenvalue weighted by atomic mass is 16.5. The third-order valence-electron chi connectivity index (χ3n) is 2.79. The van der Waals surface area contributed by atoms with Gasteiger partial charge in [-0.25, -0.2) is 0 Å². The number of hydrogen-bond acceptors (Lipinski definition) is 3. The molecule has 0 aromatic rings. The van der Waals surface area contributed by atoms with Crippen molar-refractivity contribution in [2.75, 3.05) is 46.4 Å². The lowest BCUT2D eigenvalue weighted by Gasteiger charge is -2.34. The maximum atomic E-state index is 5.74. The van der Waals surface area contributed by atoms with Crippen LogP contribution >= 0.6 is 0 Å². The zero-order chi connectivity index (χ0) is 10.4. The molecule has 3 nitrogen and oxygen atoms in total. The molecule has 0 aliphatic carbocycles. The smallest absolute Gasteiger partial charge is 0.0829 e. The fourth-order valence-electron chi connectivity index (χ4n) is 2.00. The zero-order valence-corrected chi connectivity index (χ0v) is 9.83. The molecule has 0 aromatic carbocycles. The lowest BCUT2D eigenvalue weighted by Crippen LogP contribution is -2.46. The SMILES string of the molecule is CCCN(C)CC1CN(CC)CCO1. The van der Waals surface area contributed by atoms with Crippen molar-refractivity contribution < 1.29 is 4.74 Å². The summed E-state index contributed by atoms with van der Waals surface area (Å²) in [7, 11) is 2.18. The first-order valence-electron chi connectivity index (χ1n) is 5.78. The second kappa shape index (κ2) is 6.38. The summed E-state index contributed by atoms with van der Waals surface area (Å²) >= 11 is 0. The molecule has 1 aliphatic heterocycles. The van der Waals surface area contributed by atoms with Crippen molar-refractivity contribution in [1.82, 2.24) is 9.80 Å². The molecule has 14 heavy (non-hydrogen) atoms. The normalized spacial score (nSPS) is 24.4. The molecule has 1 aliphatic rings. The number of rotatable bonds is 5. The van der Waals surface area contributed by atoms with Gasteiger partial charge in [0.1, 0.15) is 0 Å². The summed E-state index contributed by atoms with van der Waals surface area (Å²) in [6, 6.07) is 0. The number of morpholine rings is 1. The minimum absolute atomic E-state index is 0.417. The van der Waals surface area contributed by atoms with Gasteiger partial charge in [0.2, 0.25) is 0 Å². The van der Waals surface area contributed by atoms with Crippen LogP contribution in [0.15, 0.2) is 0 Å². The molecule has 1 heterocycles. The first kappa shape index (κ1) is 12.0. The molecule has 0 saturated carbocycles. The van der Waals surface area contributed by atoms with Gasteiger partial charge in [-0.1, -0.05) is 13.8 Å². The van der Waals surface area contributed by atoms with Crippen LogP contribution in [0.4, 0.5) is 0 Å². The van der Waals surface area contributed by atoms with Crippen LogP contribution in [0.25, 0.3) is 0 Å². The van der Waals surface area contributed by atoms with Crippen molar-refractivity contribution in [2.45, 2.75) is 26.4 Å². The Morgan fingerprint density at radius 2 is 2.21 bits per heavy atom. The van der Waals surface area contributed by atoms with Gasteiger partial charge < -0.3 is 9.64 Å². The van der Waals surface area contributed by atoms with E-state index in [0.717, 1.165) is 32.8 Å². The first-order valence-corrected chi connectivity index (χ1v) is 5.78. The van der Waals surface area contributed by atoms with E-state index in [9.17, 15) is 0 Å². The van der Waals surface area contributed by atoms with Crippen molar-refractivity contribution in [1.29, 1.82) is 0 Å². The van der Waals surface area contributed by atoms with Crippen molar-refractivity contribution in [3.05, 3.63) is 0 Å². The van der Waals surface area contributed by atoms with E-state index >= 15 is 0 Å². The Balaban J connectivity index is 2.22. The lowest BCUT2D eigenvalue weighted by molar-refractivity contribution is -0.0388. The van der Waals surface area contributed by atoms with E-state index in [-0.39, 0.29) is 0 Å². The van der Waals surface area contributed by atoms with Crippen molar-refractivity contribution >= 4 is 0 Å². The summed E-state index contributed by atoms with van der Waals surface area (Å²) in [4.78, 5) is 4.83. The highest BCUT2D eigenvalue weighted by molar-refractivity contribution is 4.73. The number of ether oxygens (including phenoxy) is 1. The summed E-state index contributed by atoms with van der Waals surface area (Å²) in [5.41, 5.74) is 0. The summed E-state index contributed by atoms with van der Waals surface area (Å²) in [5, 5.41) is 0. The maximum Gasteiger partial charge on any atom is 0.0829 e. The third-order valence-corrected chi connectivity index (χ3v) is 2.79. The van der Waals surface area contributed by atoms with E-state index in [1.807, 2.05) is 0 Å². The molecule has 84 valence electrons. The van der Waals surface area contributed by atoms with Crippen molar-refractivity contribution in [3.63, 3.8) is 0 Å². The molecule has 1 fully saturated rings. The largest absolute Gasteiger partial charge is 0.374 e. The molecule has 1 rings (SSSR count). The summed E-state index contributed by atoms with van der Waals surface area (Å²) in [6.45, 7) is 10.9. The van der Waals surface area contributed by atoms with E-state index in [1.165, 1.54) is 13.0 Å². The van der Waals surface area contributed by atoms with Crippen LogP contribution in [-0.2, 0) is 4.74 Å². The van der Waals surface area contributed by atoms with Crippen LogP contribution in [0.1, 0.15) is 20.3 Å². The molecular weight excluding hydrogens is 176 g/mol. The Morgan fingerprint density at radius 1 is 1.43 bits per heavy atom. The molecule has 0 bridgehead atoms. The Kier molecular flexibility index (Phi) is 5.45. The Morgan fingerprint density at radius 3 is 2.86 bits per heavy atom. The molecule has 0 N–H and O–H groups in total. The minimum Gasteiger partial charge on any atom is -0.374 e. The molecule has 1 saturated heterocycles. The maximum absolute atomic E-state index is 5.74. The number of hydrogen-bond donors (Lipinski definition) is 0. The quantitative estimate of drug-likeness (QED) is 0.660. The van der Waals surface area contributed by atoms with Gasteiger partial charge in [0, 0.05) is 19.6 Å². The van der Waals surface area contributed by atoms with Gasteiger partial charge in [0.25, 0.3) is 0 Å². The average molecular weight is 200 g/mol. The second-order valence-corrected chi connectivity index (χ2v) is 4.15. The number of nitrogens with zero attached hydrogens (tertiary/aromatic N) is 2. The lowest BCUT2D eigenvalue weighted by atomic mass is 10.2. The molecule has 3 heteroatoms. The van der Waals surface area contributed by atoms with Crippen LogP contribution in [0.2, 0.25) is 0 Å². The van der Waals surface area contributed by atoms with Gasteiger partial charge in [-0.3, -0.25) is 4.90 Å². The zero-order valence-electron chi connectivity index (χ0n) is 9.83. The summed E-state index contributed by atoms with van der Waals surface area (Å²) in [6.07, 6.45) is 1.64. The average Bonchev–Trinajstić information content (AvgIpc) is 2.18. The fraction of sp³-hybridized carbons (Fsp3) is 1.00. The van der Waals surface area contributed by atoms with Gasteiger partial charge in [0.05, 0.1) is 12.7 Å². The van der Waals surface area contributed by atoms with E-state index in [2.05, 4.69) is 30.7 Å². The topological polar surface area (TPSA) is 15.7 Å². The molecule has 0 amide bonds. The minimum atomic E-state index is 0.417. The van der Waals surface area contributed by atoms with E-state index in [0.29, 0.717) is 6.10 Å². The van der Waals surface area contributed by atoms with Crippen LogP contribution in [0.3, 0.4) is 0 Å². The van der Waals surface area contributed by atoms with Crippen LogP contribution in [0.5, 0.6) is 0 Å². The summed E-state index contributed by atoms with van der Waals surface area (Å²) in [5.74, 6) is 0. The number of likely N-dealkylation sites (N-methyl/N-ethyl adjacent to an activating group) is 2. The van der Waals surface area contributed by atoms with Gasteiger partial charge in [-0.2, -0.15) is 0 Å². The Hall–Kier alpha value is -0.120. The predicted octanol–water partition coefficient (Wildman–Crippen LogP) is 1.05. The van der Waals surface area contributed by atoms with Gasteiger partial charge in [0.15, 0.2) is 0 Å². The molecule has 1 atom stereocenters. The fourth-order valence-corrected chi connectivity index (χ4v) is 2.00. The van der Waals surface area contributed by atoms with Gasteiger partial charge in [-0.05, 0) is 26.6 Å². The second-order valence-electron chi connectivity index (χ2n) is 4.15. The molecule has 0 spiro atoms. The van der Waals surface area contributed by atoms with Crippen molar-refractivity contribution in [3.8, 4) is 0 Å². The van der Waals surface area contributed by atoms with E-state index < -0.39 is 0 Å². The highest BCUT2D eigenvalue weighted by Gasteiger charge is 2.19. The summed E-state index contributed by atoms with van der Waals surface area (Å²) < 4.78 is 5.74. The van der Waals surface area contributed by atoms with Gasteiger partial charge in [-0.15, -0.1) is 0 Å². The van der Waals surface area contributed by atoms with Crippen LogP contribution in [-0.4, -0.2) is 62.3 Å². The van der Waals surface area contributed by atoms with Crippen molar-refractivity contribution in [2.24, 2.45) is 0 Å². The molecular formula is C11H24N2O. The molecule has 1 unspecified atom stereocenters. The third kappa shape index (κ3) is 3.95. The van der Waals surface area contributed by atoms with E-state index in [4.69, 9.17) is 4.74 Å².